The smallest absolute Gasteiger partial charge is 0.278 e. The van der Waals surface area contributed by atoms with E-state index in [-0.39, 0.29) is 5.91 Å². The van der Waals surface area contributed by atoms with Crippen LogP contribution in [0.4, 0.5) is 11.4 Å². The number of H-pyrrole nitrogens is 1. The van der Waals surface area contributed by atoms with E-state index < -0.39 is 0 Å². The average Bonchev–Trinajstić information content (AvgIpc) is 2.95. The number of hydrogen-bond acceptors (Lipinski definition) is 4. The van der Waals surface area contributed by atoms with Crippen molar-refractivity contribution in [3.8, 4) is 0 Å². The summed E-state index contributed by atoms with van der Waals surface area (Å²) in [4.78, 5) is 14.5. The largest absolute Gasteiger partial charge is 0.372 e. The SMILES string of the molecule is Cc1n[nH]nc1C(=O)Nc1ccc(N2CCC(C)CC2)cc1. The van der Waals surface area contributed by atoms with Gasteiger partial charge in [0.15, 0.2) is 5.69 Å². The fraction of sp³-hybridized carbons (Fsp3) is 0.438. The van der Waals surface area contributed by atoms with Crippen LogP contribution in [0.2, 0.25) is 0 Å². The van der Waals surface area contributed by atoms with Gasteiger partial charge in [0, 0.05) is 24.5 Å². The summed E-state index contributed by atoms with van der Waals surface area (Å²) in [6.45, 7) is 6.26. The topological polar surface area (TPSA) is 73.9 Å². The van der Waals surface area contributed by atoms with Gasteiger partial charge >= 0.3 is 0 Å². The number of carbonyl (C=O) groups is 1. The van der Waals surface area contributed by atoms with Gasteiger partial charge in [0.25, 0.3) is 5.91 Å². The lowest BCUT2D eigenvalue weighted by molar-refractivity contribution is 0.102. The van der Waals surface area contributed by atoms with Crippen LogP contribution in [-0.4, -0.2) is 34.4 Å². The molecule has 0 radical (unpaired) electrons. The van der Waals surface area contributed by atoms with Crippen molar-refractivity contribution in [1.29, 1.82) is 0 Å². The van der Waals surface area contributed by atoms with Gasteiger partial charge in [0.1, 0.15) is 0 Å². The predicted molar refractivity (Wildman–Crippen MR) is 86.1 cm³/mol. The van der Waals surface area contributed by atoms with Gasteiger partial charge in [0.05, 0.1) is 5.69 Å². The molecule has 0 aliphatic carbocycles. The highest BCUT2D eigenvalue weighted by Crippen LogP contribution is 2.24. The molecule has 1 amide bonds. The van der Waals surface area contributed by atoms with Crippen molar-refractivity contribution in [1.82, 2.24) is 15.4 Å². The minimum atomic E-state index is -0.245. The van der Waals surface area contributed by atoms with E-state index >= 15 is 0 Å². The van der Waals surface area contributed by atoms with E-state index in [2.05, 4.69) is 44.7 Å². The molecule has 1 aliphatic rings. The van der Waals surface area contributed by atoms with E-state index in [1.54, 1.807) is 6.92 Å². The average molecular weight is 299 g/mol. The molecule has 22 heavy (non-hydrogen) atoms. The van der Waals surface area contributed by atoms with Crippen LogP contribution in [0.1, 0.15) is 35.9 Å². The highest BCUT2D eigenvalue weighted by Gasteiger charge is 2.16. The fourth-order valence-electron chi connectivity index (χ4n) is 2.71. The van der Waals surface area contributed by atoms with Crippen LogP contribution in [0, 0.1) is 12.8 Å². The Morgan fingerprint density at radius 1 is 1.23 bits per heavy atom. The lowest BCUT2D eigenvalue weighted by Gasteiger charge is -2.32. The first-order valence-electron chi connectivity index (χ1n) is 7.67. The number of aromatic nitrogens is 3. The van der Waals surface area contributed by atoms with Crippen LogP contribution < -0.4 is 10.2 Å². The first-order valence-corrected chi connectivity index (χ1v) is 7.67. The van der Waals surface area contributed by atoms with Crippen LogP contribution >= 0.6 is 0 Å². The Kier molecular flexibility index (Phi) is 4.09. The molecule has 0 unspecified atom stereocenters. The molecular weight excluding hydrogens is 278 g/mol. The van der Waals surface area contributed by atoms with E-state index in [0.29, 0.717) is 11.4 Å². The molecule has 1 aliphatic heterocycles. The highest BCUT2D eigenvalue weighted by atomic mass is 16.2. The van der Waals surface area contributed by atoms with Crippen LogP contribution in [0.5, 0.6) is 0 Å². The summed E-state index contributed by atoms with van der Waals surface area (Å²) in [5.74, 6) is 0.575. The van der Waals surface area contributed by atoms with Gasteiger partial charge in [0.2, 0.25) is 0 Å². The Morgan fingerprint density at radius 2 is 1.91 bits per heavy atom. The zero-order valence-electron chi connectivity index (χ0n) is 13.0. The highest BCUT2D eigenvalue weighted by molar-refractivity contribution is 6.03. The van der Waals surface area contributed by atoms with E-state index in [1.807, 2.05) is 12.1 Å². The molecule has 1 aromatic carbocycles. The number of aryl methyl sites for hydroxylation is 1. The summed E-state index contributed by atoms with van der Waals surface area (Å²) in [7, 11) is 0. The molecule has 1 fully saturated rings. The van der Waals surface area contributed by atoms with Crippen molar-refractivity contribution < 1.29 is 4.79 Å². The monoisotopic (exact) mass is 299 g/mol. The number of nitrogens with zero attached hydrogens (tertiary/aromatic N) is 3. The van der Waals surface area contributed by atoms with Crippen LogP contribution in [0.25, 0.3) is 0 Å². The Hall–Kier alpha value is -2.37. The van der Waals surface area contributed by atoms with Crippen LogP contribution in [0.3, 0.4) is 0 Å². The zero-order valence-corrected chi connectivity index (χ0v) is 13.0. The number of nitrogens with one attached hydrogen (secondary N) is 2. The van der Waals surface area contributed by atoms with Crippen LogP contribution in [-0.2, 0) is 0 Å². The van der Waals surface area contributed by atoms with Crippen molar-refractivity contribution in [2.75, 3.05) is 23.3 Å². The standard InChI is InChI=1S/C16H21N5O/c1-11-7-9-21(10-8-11)14-5-3-13(4-6-14)17-16(22)15-12(2)18-20-19-15/h3-6,11H,7-10H2,1-2H3,(H,17,22)(H,18,19,20). The number of rotatable bonds is 3. The van der Waals surface area contributed by atoms with Gasteiger partial charge < -0.3 is 10.2 Å². The molecule has 0 saturated carbocycles. The minimum absolute atomic E-state index is 0.245. The lowest BCUT2D eigenvalue weighted by atomic mass is 9.99. The quantitative estimate of drug-likeness (QED) is 0.913. The first-order chi connectivity index (χ1) is 10.6. The van der Waals surface area contributed by atoms with Gasteiger partial charge in [-0.3, -0.25) is 4.79 Å². The van der Waals surface area contributed by atoms with Gasteiger partial charge in [-0.25, -0.2) is 0 Å². The number of piperidine rings is 1. The molecule has 3 rings (SSSR count). The molecule has 0 atom stereocenters. The number of benzene rings is 1. The second-order valence-electron chi connectivity index (χ2n) is 5.93. The number of hydrogen-bond donors (Lipinski definition) is 2. The van der Waals surface area contributed by atoms with Crippen molar-refractivity contribution >= 4 is 17.3 Å². The Morgan fingerprint density at radius 3 is 2.50 bits per heavy atom. The summed E-state index contributed by atoms with van der Waals surface area (Å²) < 4.78 is 0. The third-order valence-corrected chi connectivity index (χ3v) is 4.21. The fourth-order valence-corrected chi connectivity index (χ4v) is 2.71. The summed E-state index contributed by atoms with van der Waals surface area (Å²) in [6.07, 6.45) is 2.48. The number of aromatic amines is 1. The van der Waals surface area contributed by atoms with Crippen molar-refractivity contribution in [3.63, 3.8) is 0 Å². The molecule has 1 aromatic heterocycles. The molecule has 0 bridgehead atoms. The first kappa shape index (κ1) is 14.6. The molecule has 6 heteroatoms. The van der Waals surface area contributed by atoms with Crippen molar-refractivity contribution in [3.05, 3.63) is 35.7 Å². The Labute approximate surface area is 129 Å². The summed E-state index contributed by atoms with van der Waals surface area (Å²) in [5.41, 5.74) is 2.90. The third-order valence-electron chi connectivity index (χ3n) is 4.21. The maximum Gasteiger partial charge on any atom is 0.278 e. The van der Waals surface area contributed by atoms with E-state index in [0.717, 1.165) is 24.7 Å². The second-order valence-corrected chi connectivity index (χ2v) is 5.93. The normalized spacial score (nSPS) is 15.8. The zero-order chi connectivity index (χ0) is 15.5. The molecular formula is C16H21N5O. The lowest BCUT2D eigenvalue weighted by Crippen LogP contribution is -2.32. The Balaban J connectivity index is 1.64. The van der Waals surface area contributed by atoms with Crippen molar-refractivity contribution in [2.45, 2.75) is 26.7 Å². The van der Waals surface area contributed by atoms with Crippen molar-refractivity contribution in [2.24, 2.45) is 5.92 Å². The number of carbonyl (C=O) groups excluding carboxylic acids is 1. The minimum Gasteiger partial charge on any atom is -0.372 e. The summed E-state index contributed by atoms with van der Waals surface area (Å²) in [5, 5.41) is 13.0. The number of amides is 1. The maximum atomic E-state index is 12.1. The molecule has 2 N–H and O–H groups in total. The van der Waals surface area contributed by atoms with Gasteiger partial charge in [-0.05, 0) is 49.9 Å². The molecule has 1 saturated heterocycles. The molecule has 2 heterocycles. The Bertz CT molecular complexity index is 641. The summed E-state index contributed by atoms with van der Waals surface area (Å²) >= 11 is 0. The summed E-state index contributed by atoms with van der Waals surface area (Å²) in [6, 6.07) is 7.98. The van der Waals surface area contributed by atoms with E-state index in [1.165, 1.54) is 18.5 Å². The molecule has 6 nitrogen and oxygen atoms in total. The van der Waals surface area contributed by atoms with Gasteiger partial charge in [-0.15, -0.1) is 0 Å². The van der Waals surface area contributed by atoms with Gasteiger partial charge in [-0.2, -0.15) is 15.4 Å². The van der Waals surface area contributed by atoms with E-state index in [9.17, 15) is 4.79 Å². The molecule has 2 aromatic rings. The van der Waals surface area contributed by atoms with E-state index in [4.69, 9.17) is 0 Å². The van der Waals surface area contributed by atoms with Crippen LogP contribution in [0.15, 0.2) is 24.3 Å². The third kappa shape index (κ3) is 3.10. The van der Waals surface area contributed by atoms with Gasteiger partial charge in [-0.1, -0.05) is 6.92 Å². The number of anilines is 2. The maximum absolute atomic E-state index is 12.1. The molecule has 0 spiro atoms. The second kappa shape index (κ2) is 6.17. The molecule has 116 valence electrons. The predicted octanol–water partition coefficient (Wildman–Crippen LogP) is 2.60.